The van der Waals surface area contributed by atoms with Crippen LogP contribution in [0.3, 0.4) is 0 Å². The fraction of sp³-hybridized carbons (Fsp3) is 0.600. The number of nitrogens with zero attached hydrogens (tertiary/aromatic N) is 2. The Morgan fingerprint density at radius 2 is 2.60 bits per heavy atom. The van der Waals surface area contributed by atoms with Crippen LogP contribution in [-0.2, 0) is 0 Å². The molecule has 0 aromatic carbocycles. The molecule has 15 heavy (non-hydrogen) atoms. The largest absolute Gasteiger partial charge is 0.438 e. The Bertz CT molecular complexity index is 363. The van der Waals surface area contributed by atoms with Crippen LogP contribution >= 0.6 is 0 Å². The van der Waals surface area contributed by atoms with E-state index in [0.29, 0.717) is 17.8 Å². The summed E-state index contributed by atoms with van der Waals surface area (Å²) in [4.78, 5) is 17.7. The first kappa shape index (κ1) is 8.91. The highest BCUT2D eigenvalue weighted by Crippen LogP contribution is 2.24. The molecule has 1 aromatic heterocycles. The summed E-state index contributed by atoms with van der Waals surface area (Å²) in [5.74, 6) is 0.319. The number of hydrogen-bond acceptors (Lipinski definition) is 4. The van der Waals surface area contributed by atoms with E-state index in [-0.39, 0.29) is 5.91 Å². The molecule has 2 saturated heterocycles. The van der Waals surface area contributed by atoms with Crippen LogP contribution in [0.5, 0.6) is 0 Å². The van der Waals surface area contributed by atoms with Crippen molar-refractivity contribution in [2.45, 2.75) is 24.9 Å². The second-order valence-electron chi connectivity index (χ2n) is 4.15. The van der Waals surface area contributed by atoms with Crippen molar-refractivity contribution >= 4 is 5.91 Å². The van der Waals surface area contributed by atoms with Crippen LogP contribution in [-0.4, -0.2) is 41.0 Å². The van der Waals surface area contributed by atoms with Crippen LogP contribution in [0.1, 0.15) is 23.4 Å². The predicted octanol–water partition coefficient (Wildman–Crippen LogP) is 0.251. The summed E-state index contributed by atoms with van der Waals surface area (Å²) in [6, 6.07) is 0.940. The van der Waals surface area contributed by atoms with E-state index in [9.17, 15) is 4.79 Å². The van der Waals surface area contributed by atoms with Crippen molar-refractivity contribution in [2.75, 3.05) is 13.1 Å². The molecular weight excluding hydrogens is 194 g/mol. The molecular formula is C10H13N3O2. The molecule has 0 radical (unpaired) electrons. The number of likely N-dealkylation sites (tertiary alicyclic amines) is 1. The molecule has 2 fully saturated rings. The van der Waals surface area contributed by atoms with Gasteiger partial charge in [0.25, 0.3) is 5.91 Å². The van der Waals surface area contributed by atoms with Gasteiger partial charge in [-0.05, 0) is 12.8 Å². The number of hydrogen-bond donors (Lipinski definition) is 1. The Kier molecular flexibility index (Phi) is 1.98. The third-order valence-corrected chi connectivity index (χ3v) is 3.26. The average molecular weight is 207 g/mol. The third-order valence-electron chi connectivity index (χ3n) is 3.26. The van der Waals surface area contributed by atoms with Gasteiger partial charge in [0.15, 0.2) is 6.39 Å². The monoisotopic (exact) mass is 207 g/mol. The highest BCUT2D eigenvalue weighted by atomic mass is 16.3. The van der Waals surface area contributed by atoms with E-state index in [0.717, 1.165) is 25.9 Å². The van der Waals surface area contributed by atoms with E-state index in [1.54, 1.807) is 0 Å². The minimum absolute atomic E-state index is 0.0281. The summed E-state index contributed by atoms with van der Waals surface area (Å²) >= 11 is 0. The summed E-state index contributed by atoms with van der Waals surface area (Å²) < 4.78 is 5.03. The van der Waals surface area contributed by atoms with E-state index >= 15 is 0 Å². The van der Waals surface area contributed by atoms with E-state index in [1.807, 2.05) is 4.90 Å². The molecule has 1 amide bonds. The first-order valence-corrected chi connectivity index (χ1v) is 5.27. The van der Waals surface area contributed by atoms with Crippen LogP contribution in [0, 0.1) is 0 Å². The smallest absolute Gasteiger partial charge is 0.291 e. The van der Waals surface area contributed by atoms with Crippen molar-refractivity contribution in [2.24, 2.45) is 0 Å². The number of oxazole rings is 1. The maximum Gasteiger partial charge on any atom is 0.291 e. The summed E-state index contributed by atoms with van der Waals surface area (Å²) in [6.07, 6.45) is 4.89. The normalized spacial score (nSPS) is 29.5. The van der Waals surface area contributed by atoms with Gasteiger partial charge in [-0.3, -0.25) is 4.79 Å². The molecule has 3 heterocycles. The maximum atomic E-state index is 12.0. The zero-order valence-corrected chi connectivity index (χ0v) is 8.35. The number of aromatic nitrogens is 1. The molecule has 2 aliphatic rings. The topological polar surface area (TPSA) is 58.4 Å². The minimum atomic E-state index is -0.0281. The van der Waals surface area contributed by atoms with Gasteiger partial charge in [-0.1, -0.05) is 0 Å². The lowest BCUT2D eigenvalue weighted by Gasteiger charge is -2.31. The molecule has 2 unspecified atom stereocenters. The Morgan fingerprint density at radius 1 is 1.67 bits per heavy atom. The average Bonchev–Trinajstić information content (AvgIpc) is 2.88. The first-order valence-electron chi connectivity index (χ1n) is 5.27. The van der Waals surface area contributed by atoms with Gasteiger partial charge in [0, 0.05) is 25.2 Å². The van der Waals surface area contributed by atoms with Crippen molar-refractivity contribution in [1.82, 2.24) is 15.2 Å². The molecule has 5 heteroatoms. The molecule has 1 aromatic rings. The molecule has 5 nitrogen and oxygen atoms in total. The number of piperidine rings is 1. The van der Waals surface area contributed by atoms with Crippen LogP contribution in [0.15, 0.2) is 17.0 Å². The fourth-order valence-corrected chi connectivity index (χ4v) is 2.46. The summed E-state index contributed by atoms with van der Waals surface area (Å²) in [5, 5.41) is 3.41. The summed E-state index contributed by atoms with van der Waals surface area (Å²) in [7, 11) is 0. The van der Waals surface area contributed by atoms with Crippen LogP contribution < -0.4 is 5.32 Å². The van der Waals surface area contributed by atoms with E-state index in [2.05, 4.69) is 10.3 Å². The quantitative estimate of drug-likeness (QED) is 0.717. The number of fused-ring (bicyclic) bond motifs is 2. The van der Waals surface area contributed by atoms with Crippen molar-refractivity contribution < 1.29 is 9.21 Å². The van der Waals surface area contributed by atoms with Gasteiger partial charge in [0.05, 0.1) is 6.20 Å². The number of nitrogens with one attached hydrogen (secondary N) is 1. The lowest BCUT2D eigenvalue weighted by atomic mass is 10.0. The van der Waals surface area contributed by atoms with Gasteiger partial charge in [-0.25, -0.2) is 4.98 Å². The lowest BCUT2D eigenvalue weighted by molar-refractivity contribution is 0.0625. The lowest BCUT2D eigenvalue weighted by Crippen LogP contribution is -2.44. The second-order valence-corrected chi connectivity index (χ2v) is 4.15. The van der Waals surface area contributed by atoms with Crippen LogP contribution in [0.25, 0.3) is 0 Å². The minimum Gasteiger partial charge on any atom is -0.438 e. The van der Waals surface area contributed by atoms with Gasteiger partial charge >= 0.3 is 0 Å². The second kappa shape index (κ2) is 3.34. The Morgan fingerprint density at radius 3 is 3.40 bits per heavy atom. The zero-order chi connectivity index (χ0) is 10.3. The standard InChI is InChI=1S/C10H13N3O2/c14-10(9-5-11-6-15-9)13-2-1-7-3-8(13)4-12-7/h5-8,12H,1-4H2. The van der Waals surface area contributed by atoms with Crippen molar-refractivity contribution in [3.05, 3.63) is 18.4 Å². The van der Waals surface area contributed by atoms with Gasteiger partial charge in [0.2, 0.25) is 5.76 Å². The molecule has 2 aliphatic heterocycles. The van der Waals surface area contributed by atoms with Crippen molar-refractivity contribution in [1.29, 1.82) is 0 Å². The van der Waals surface area contributed by atoms with Gasteiger partial charge in [-0.2, -0.15) is 0 Å². The van der Waals surface area contributed by atoms with Crippen LogP contribution in [0.2, 0.25) is 0 Å². The fourth-order valence-electron chi connectivity index (χ4n) is 2.46. The van der Waals surface area contributed by atoms with E-state index < -0.39 is 0 Å². The zero-order valence-electron chi connectivity index (χ0n) is 8.35. The molecule has 0 saturated carbocycles. The third kappa shape index (κ3) is 1.43. The highest BCUT2D eigenvalue weighted by molar-refractivity contribution is 5.91. The van der Waals surface area contributed by atoms with Gasteiger partial charge in [0.1, 0.15) is 0 Å². The molecule has 2 bridgehead atoms. The molecule has 2 atom stereocenters. The van der Waals surface area contributed by atoms with E-state index in [4.69, 9.17) is 4.42 Å². The number of rotatable bonds is 1. The Hall–Kier alpha value is -1.36. The maximum absolute atomic E-state index is 12.0. The highest BCUT2D eigenvalue weighted by Gasteiger charge is 2.37. The Balaban J connectivity index is 1.79. The first-order chi connectivity index (χ1) is 7.34. The SMILES string of the molecule is O=C(c1cnco1)N1CCC2CC1CN2. The summed E-state index contributed by atoms with van der Waals surface area (Å²) in [6.45, 7) is 1.73. The molecule has 3 rings (SSSR count). The molecule has 80 valence electrons. The molecule has 0 aliphatic carbocycles. The number of carbonyl (C=O) groups is 1. The number of amides is 1. The van der Waals surface area contributed by atoms with Crippen molar-refractivity contribution in [3.63, 3.8) is 0 Å². The molecule has 1 N–H and O–H groups in total. The number of carbonyl (C=O) groups excluding carboxylic acids is 1. The summed E-state index contributed by atoms with van der Waals surface area (Å²) in [5.41, 5.74) is 0. The van der Waals surface area contributed by atoms with E-state index in [1.165, 1.54) is 12.6 Å². The van der Waals surface area contributed by atoms with Crippen molar-refractivity contribution in [3.8, 4) is 0 Å². The molecule has 0 spiro atoms. The van der Waals surface area contributed by atoms with Crippen LogP contribution in [0.4, 0.5) is 0 Å². The predicted molar refractivity (Wildman–Crippen MR) is 52.4 cm³/mol. The van der Waals surface area contributed by atoms with Gasteiger partial charge < -0.3 is 14.6 Å². The van der Waals surface area contributed by atoms with Gasteiger partial charge in [-0.15, -0.1) is 0 Å². The Labute approximate surface area is 87.5 Å².